The van der Waals surface area contributed by atoms with Crippen molar-refractivity contribution in [2.24, 2.45) is 5.92 Å². The summed E-state index contributed by atoms with van der Waals surface area (Å²) in [6, 6.07) is -0.360. The van der Waals surface area contributed by atoms with E-state index in [1.165, 1.54) is 7.11 Å². The minimum absolute atomic E-state index is 0.0988. The van der Waals surface area contributed by atoms with Gasteiger partial charge in [-0.1, -0.05) is 12.2 Å². The van der Waals surface area contributed by atoms with Gasteiger partial charge in [-0.25, -0.2) is 4.79 Å². The first-order chi connectivity index (χ1) is 8.72. The van der Waals surface area contributed by atoms with Gasteiger partial charge in [0.2, 0.25) is 5.91 Å². The van der Waals surface area contributed by atoms with Crippen LogP contribution in [-0.2, 0) is 14.3 Å². The van der Waals surface area contributed by atoms with E-state index in [0.717, 1.165) is 32.1 Å². The minimum atomic E-state index is -0.360. The van der Waals surface area contributed by atoms with Crippen LogP contribution in [0.1, 0.15) is 38.5 Å². The van der Waals surface area contributed by atoms with Gasteiger partial charge in [-0.2, -0.15) is 0 Å². The lowest BCUT2D eigenvalue weighted by Gasteiger charge is -2.34. The van der Waals surface area contributed by atoms with E-state index in [4.69, 9.17) is 4.74 Å². The van der Waals surface area contributed by atoms with Gasteiger partial charge in [0.05, 0.1) is 7.11 Å². The third-order valence-electron chi connectivity index (χ3n) is 3.85. The molecule has 1 fully saturated rings. The summed E-state index contributed by atoms with van der Waals surface area (Å²) >= 11 is 0. The highest BCUT2D eigenvalue weighted by atomic mass is 16.5. The van der Waals surface area contributed by atoms with E-state index < -0.39 is 0 Å². The molecular formula is C14H21NO3. The summed E-state index contributed by atoms with van der Waals surface area (Å²) in [6.45, 7) is 0.690. The van der Waals surface area contributed by atoms with Gasteiger partial charge in [0.1, 0.15) is 6.04 Å². The second-order valence-corrected chi connectivity index (χ2v) is 5.09. The Morgan fingerprint density at radius 1 is 1.33 bits per heavy atom. The quantitative estimate of drug-likeness (QED) is 0.568. The van der Waals surface area contributed by atoms with Crippen molar-refractivity contribution < 1.29 is 14.3 Å². The number of likely N-dealkylation sites (tertiary alicyclic amines) is 1. The van der Waals surface area contributed by atoms with Crippen molar-refractivity contribution in [1.29, 1.82) is 0 Å². The van der Waals surface area contributed by atoms with Crippen LogP contribution in [0, 0.1) is 5.92 Å². The highest BCUT2D eigenvalue weighted by Crippen LogP contribution is 2.24. The Hall–Kier alpha value is -1.32. The van der Waals surface area contributed by atoms with Crippen molar-refractivity contribution in [3.63, 3.8) is 0 Å². The maximum Gasteiger partial charge on any atom is 0.328 e. The fourth-order valence-corrected chi connectivity index (χ4v) is 2.82. The molecule has 1 aliphatic heterocycles. The number of amides is 1. The summed E-state index contributed by atoms with van der Waals surface area (Å²) in [5.74, 6) is 0.185. The zero-order valence-corrected chi connectivity index (χ0v) is 10.9. The van der Waals surface area contributed by atoms with Crippen molar-refractivity contribution in [1.82, 2.24) is 4.90 Å². The zero-order valence-electron chi connectivity index (χ0n) is 10.9. The molecule has 1 unspecified atom stereocenters. The fraction of sp³-hybridized carbons (Fsp3) is 0.714. The Bertz CT molecular complexity index is 351. The molecule has 0 spiro atoms. The van der Waals surface area contributed by atoms with Crippen molar-refractivity contribution in [3.8, 4) is 0 Å². The molecule has 0 radical (unpaired) electrons. The molecule has 2 rings (SSSR count). The molecule has 1 saturated heterocycles. The summed E-state index contributed by atoms with van der Waals surface area (Å²) in [5, 5.41) is 0. The number of hydrogen-bond donors (Lipinski definition) is 0. The van der Waals surface area contributed by atoms with Crippen LogP contribution in [0.25, 0.3) is 0 Å². The van der Waals surface area contributed by atoms with Crippen LogP contribution in [0.4, 0.5) is 0 Å². The average Bonchev–Trinajstić information content (AvgIpc) is 2.90. The van der Waals surface area contributed by atoms with Crippen LogP contribution in [0.3, 0.4) is 0 Å². The summed E-state index contributed by atoms with van der Waals surface area (Å²) in [7, 11) is 1.39. The predicted molar refractivity (Wildman–Crippen MR) is 67.8 cm³/mol. The number of esters is 1. The number of nitrogens with zero attached hydrogens (tertiary/aromatic N) is 1. The molecule has 1 heterocycles. The van der Waals surface area contributed by atoms with Gasteiger partial charge in [-0.05, 0) is 38.0 Å². The van der Waals surface area contributed by atoms with Gasteiger partial charge >= 0.3 is 5.97 Å². The molecule has 0 aromatic carbocycles. The third-order valence-corrected chi connectivity index (χ3v) is 3.85. The Kier molecular flexibility index (Phi) is 4.39. The number of hydrogen-bond acceptors (Lipinski definition) is 3. The number of methoxy groups -OCH3 is 1. The number of carbonyl (C=O) groups is 2. The third kappa shape index (κ3) is 2.92. The first-order valence-electron chi connectivity index (χ1n) is 6.76. The normalized spacial score (nSPS) is 27.3. The molecule has 0 bridgehead atoms. The zero-order chi connectivity index (χ0) is 13.0. The van der Waals surface area contributed by atoms with E-state index in [0.29, 0.717) is 18.9 Å². The smallest absolute Gasteiger partial charge is 0.328 e. The first-order valence-corrected chi connectivity index (χ1v) is 6.76. The van der Waals surface area contributed by atoms with Crippen molar-refractivity contribution in [3.05, 3.63) is 12.2 Å². The molecule has 0 saturated carbocycles. The molecule has 1 aliphatic carbocycles. The maximum atomic E-state index is 12.3. The van der Waals surface area contributed by atoms with Gasteiger partial charge in [0.15, 0.2) is 0 Å². The highest BCUT2D eigenvalue weighted by molar-refractivity contribution is 5.85. The second-order valence-electron chi connectivity index (χ2n) is 5.09. The van der Waals surface area contributed by atoms with Crippen LogP contribution in [-0.4, -0.2) is 36.5 Å². The molecule has 4 heteroatoms. The number of rotatable bonds is 3. The standard InChI is InChI=1S/C14H21NO3/c1-18-14(17)12-8-4-5-9-15(12)13(16)10-11-6-2-3-7-11/h2,6,11-12H,3-5,7-10H2,1H3/t11?,12-/m1/s1. The fourth-order valence-electron chi connectivity index (χ4n) is 2.82. The molecular weight excluding hydrogens is 230 g/mol. The van der Waals surface area contributed by atoms with Crippen LogP contribution in [0.5, 0.6) is 0 Å². The van der Waals surface area contributed by atoms with E-state index in [1.807, 2.05) is 0 Å². The lowest BCUT2D eigenvalue weighted by Crippen LogP contribution is -2.48. The molecule has 2 aliphatic rings. The van der Waals surface area contributed by atoms with Crippen LogP contribution >= 0.6 is 0 Å². The van der Waals surface area contributed by atoms with Crippen molar-refractivity contribution in [2.45, 2.75) is 44.6 Å². The van der Waals surface area contributed by atoms with Gasteiger partial charge in [-0.15, -0.1) is 0 Å². The van der Waals surface area contributed by atoms with Gasteiger partial charge < -0.3 is 9.64 Å². The van der Waals surface area contributed by atoms with Crippen molar-refractivity contribution >= 4 is 11.9 Å². The Labute approximate surface area is 108 Å². The van der Waals surface area contributed by atoms with Crippen molar-refractivity contribution in [2.75, 3.05) is 13.7 Å². The lowest BCUT2D eigenvalue weighted by molar-refractivity contribution is -0.154. The molecule has 0 aromatic rings. The largest absolute Gasteiger partial charge is 0.467 e. The molecule has 18 heavy (non-hydrogen) atoms. The summed E-state index contributed by atoms with van der Waals surface area (Å²) in [4.78, 5) is 25.7. The van der Waals surface area contributed by atoms with Crippen LogP contribution in [0.15, 0.2) is 12.2 Å². The second kappa shape index (κ2) is 6.03. The van der Waals surface area contributed by atoms with Crippen LogP contribution in [0.2, 0.25) is 0 Å². The number of carbonyl (C=O) groups excluding carboxylic acids is 2. The summed E-state index contributed by atoms with van der Waals surface area (Å²) in [5.41, 5.74) is 0. The Morgan fingerprint density at radius 3 is 2.83 bits per heavy atom. The summed E-state index contributed by atoms with van der Waals surface area (Å²) < 4.78 is 4.79. The Balaban J connectivity index is 1.96. The van der Waals surface area contributed by atoms with Crippen LogP contribution < -0.4 is 0 Å². The van der Waals surface area contributed by atoms with E-state index in [9.17, 15) is 9.59 Å². The number of allylic oxidation sites excluding steroid dienone is 2. The average molecular weight is 251 g/mol. The minimum Gasteiger partial charge on any atom is -0.467 e. The number of ether oxygens (including phenoxy) is 1. The topological polar surface area (TPSA) is 46.6 Å². The van der Waals surface area contributed by atoms with Gasteiger partial charge in [0, 0.05) is 13.0 Å². The number of piperidine rings is 1. The van der Waals surface area contributed by atoms with E-state index >= 15 is 0 Å². The highest BCUT2D eigenvalue weighted by Gasteiger charge is 2.33. The monoisotopic (exact) mass is 251 g/mol. The summed E-state index contributed by atoms with van der Waals surface area (Å²) in [6.07, 6.45) is 9.62. The van der Waals surface area contributed by atoms with Gasteiger partial charge in [0.25, 0.3) is 0 Å². The molecule has 100 valence electrons. The maximum absolute atomic E-state index is 12.3. The predicted octanol–water partition coefficient (Wildman–Crippen LogP) is 1.90. The molecule has 0 N–H and O–H groups in total. The molecule has 4 nitrogen and oxygen atoms in total. The Morgan fingerprint density at radius 2 is 2.17 bits per heavy atom. The molecule has 1 amide bonds. The van der Waals surface area contributed by atoms with E-state index in [2.05, 4.69) is 12.2 Å². The van der Waals surface area contributed by atoms with E-state index in [1.54, 1.807) is 4.90 Å². The molecule has 0 aromatic heterocycles. The first kappa shape index (κ1) is 13.1. The molecule has 2 atom stereocenters. The SMILES string of the molecule is COC(=O)[C@H]1CCCCN1C(=O)CC1C=CCC1. The van der Waals surface area contributed by atoms with Gasteiger partial charge in [-0.3, -0.25) is 4.79 Å². The lowest BCUT2D eigenvalue weighted by atomic mass is 9.99. The van der Waals surface area contributed by atoms with E-state index in [-0.39, 0.29) is 17.9 Å².